The highest BCUT2D eigenvalue weighted by Crippen LogP contribution is 2.28. The highest BCUT2D eigenvalue weighted by Gasteiger charge is 2.13. The lowest BCUT2D eigenvalue weighted by Crippen LogP contribution is -2.12. The van der Waals surface area contributed by atoms with Crippen LogP contribution in [0, 0.1) is 0 Å². The van der Waals surface area contributed by atoms with Gasteiger partial charge in [-0.3, -0.25) is 4.79 Å². The Balaban J connectivity index is 2.03. The second kappa shape index (κ2) is 7.05. The predicted octanol–water partition coefficient (Wildman–Crippen LogP) is 5.87. The molecule has 0 atom stereocenters. The molecule has 3 aromatic rings. The van der Waals surface area contributed by atoms with Crippen molar-refractivity contribution in [2.24, 2.45) is 0 Å². The van der Waals surface area contributed by atoms with Gasteiger partial charge in [0.2, 0.25) is 0 Å². The third kappa shape index (κ3) is 3.53. The molecule has 0 radical (unpaired) electrons. The van der Waals surface area contributed by atoms with Crippen LogP contribution in [0.25, 0.3) is 17.0 Å². The average Bonchev–Trinajstić information content (AvgIpc) is 2.54. The molecule has 0 N–H and O–H groups in total. The Bertz CT molecular complexity index is 1040. The average molecular weight is 469 g/mol. The van der Waals surface area contributed by atoms with Gasteiger partial charge in [0, 0.05) is 14.9 Å². The van der Waals surface area contributed by atoms with Gasteiger partial charge < -0.3 is 4.42 Å². The van der Waals surface area contributed by atoms with Crippen LogP contribution in [-0.2, 0) is 0 Å². The first-order valence-corrected chi connectivity index (χ1v) is 8.82. The summed E-state index contributed by atoms with van der Waals surface area (Å²) in [7, 11) is 0. The number of benzene rings is 2. The smallest absolute Gasteiger partial charge is 0.347 e. The second-order valence-electron chi connectivity index (χ2n) is 4.97. The molecule has 0 unspecified atom stereocenters. The minimum absolute atomic E-state index is 0.0317. The topological polar surface area (TPSA) is 47.3 Å². The predicted molar refractivity (Wildman–Crippen MR) is 103 cm³/mol. The first kappa shape index (κ1) is 17.1. The van der Waals surface area contributed by atoms with Crippen molar-refractivity contribution in [3.63, 3.8) is 0 Å². The van der Waals surface area contributed by atoms with Gasteiger partial charge in [-0.15, -0.1) is 0 Å². The minimum Gasteiger partial charge on any atom is -0.421 e. The molecule has 0 bridgehead atoms. The second-order valence-corrected chi connectivity index (χ2v) is 7.15. The van der Waals surface area contributed by atoms with E-state index in [1.807, 2.05) is 6.07 Å². The van der Waals surface area contributed by atoms with Crippen LogP contribution in [0.2, 0.25) is 5.02 Å². The van der Waals surface area contributed by atoms with Crippen molar-refractivity contribution in [3.8, 4) is 0 Å². The molecule has 1 aromatic heterocycles. The molecule has 2 aromatic carbocycles. The van der Waals surface area contributed by atoms with Crippen molar-refractivity contribution in [1.29, 1.82) is 0 Å². The monoisotopic (exact) mass is 466 g/mol. The zero-order valence-corrected chi connectivity index (χ0v) is 16.0. The molecule has 0 saturated heterocycles. The Morgan fingerprint density at radius 2 is 1.88 bits per heavy atom. The number of allylic oxidation sites excluding steroid dienone is 1. The van der Waals surface area contributed by atoms with Crippen LogP contribution in [-0.4, -0.2) is 5.78 Å². The highest BCUT2D eigenvalue weighted by molar-refractivity contribution is 9.11. The zero-order chi connectivity index (χ0) is 17.3. The number of carbonyl (C=O) groups excluding carboxylic acids is 1. The van der Waals surface area contributed by atoms with Gasteiger partial charge in [-0.25, -0.2) is 4.79 Å². The van der Waals surface area contributed by atoms with Gasteiger partial charge in [0.25, 0.3) is 0 Å². The number of rotatable bonds is 3. The van der Waals surface area contributed by atoms with Gasteiger partial charge in [-0.1, -0.05) is 45.7 Å². The maximum Gasteiger partial charge on any atom is 0.347 e. The lowest BCUT2D eigenvalue weighted by Gasteiger charge is -2.03. The van der Waals surface area contributed by atoms with E-state index in [4.69, 9.17) is 16.0 Å². The number of halogens is 3. The molecule has 0 fully saturated rings. The van der Waals surface area contributed by atoms with E-state index in [-0.39, 0.29) is 5.56 Å². The standard InChI is InChI=1S/C18H9Br2ClO3/c19-12-7-11-8-13(18(23)24-17(11)14(20)9-12)16(22)6-5-10-3-1-2-4-15(10)21/h1-9H. The fraction of sp³-hybridized carbons (Fsp3) is 0. The van der Waals surface area contributed by atoms with Gasteiger partial charge in [-0.2, -0.15) is 0 Å². The summed E-state index contributed by atoms with van der Waals surface area (Å²) in [5.41, 5.74) is 0.383. The molecule has 6 heteroatoms. The molecule has 0 aliphatic heterocycles. The summed E-state index contributed by atoms with van der Waals surface area (Å²) in [5, 5.41) is 1.17. The van der Waals surface area contributed by atoms with Crippen molar-refractivity contribution < 1.29 is 9.21 Å². The first-order valence-electron chi connectivity index (χ1n) is 6.85. The summed E-state index contributed by atoms with van der Waals surface area (Å²) in [4.78, 5) is 24.5. The molecular weight excluding hydrogens is 459 g/mol. The maximum atomic E-state index is 12.4. The van der Waals surface area contributed by atoms with Crippen molar-refractivity contribution in [3.05, 3.63) is 84.1 Å². The Morgan fingerprint density at radius 1 is 1.12 bits per heavy atom. The summed E-state index contributed by atoms with van der Waals surface area (Å²) >= 11 is 12.8. The van der Waals surface area contributed by atoms with Gasteiger partial charge in [0.05, 0.1) is 4.47 Å². The SMILES string of the molecule is O=C(C=Cc1ccccc1Cl)c1cc2cc(Br)cc(Br)c2oc1=O. The first-order chi connectivity index (χ1) is 11.5. The number of ketones is 1. The summed E-state index contributed by atoms with van der Waals surface area (Å²) < 4.78 is 6.71. The molecule has 0 amide bonds. The van der Waals surface area contributed by atoms with Gasteiger partial charge in [0.1, 0.15) is 5.56 Å². The number of hydrogen-bond acceptors (Lipinski definition) is 3. The molecule has 120 valence electrons. The quantitative estimate of drug-likeness (QED) is 0.275. The van der Waals surface area contributed by atoms with Gasteiger partial charge in [0.15, 0.2) is 11.4 Å². The minimum atomic E-state index is -0.681. The van der Waals surface area contributed by atoms with Crippen LogP contribution >= 0.6 is 43.5 Å². The molecule has 0 aliphatic rings. The molecule has 0 aliphatic carbocycles. The zero-order valence-electron chi connectivity index (χ0n) is 12.1. The van der Waals surface area contributed by atoms with Crippen LogP contribution in [0.3, 0.4) is 0 Å². The summed E-state index contributed by atoms with van der Waals surface area (Å²) in [6.45, 7) is 0. The van der Waals surface area contributed by atoms with Gasteiger partial charge in [-0.05, 0) is 57.9 Å². The summed E-state index contributed by atoms with van der Waals surface area (Å²) in [5.74, 6) is -0.443. The van der Waals surface area contributed by atoms with Crippen LogP contribution in [0.1, 0.15) is 15.9 Å². The number of fused-ring (bicyclic) bond motifs is 1. The summed E-state index contributed by atoms with van der Waals surface area (Å²) in [6, 6.07) is 12.2. The number of carbonyl (C=O) groups is 1. The van der Waals surface area contributed by atoms with Crippen LogP contribution in [0.4, 0.5) is 0 Å². The van der Waals surface area contributed by atoms with Crippen LogP contribution in [0.15, 0.2) is 66.7 Å². The maximum absolute atomic E-state index is 12.4. The van der Waals surface area contributed by atoms with E-state index in [9.17, 15) is 9.59 Å². The van der Waals surface area contributed by atoms with E-state index in [1.165, 1.54) is 12.1 Å². The molecular formula is C18H9Br2ClO3. The Morgan fingerprint density at radius 3 is 2.62 bits per heavy atom. The van der Waals surface area contributed by atoms with Crippen molar-refractivity contribution in [1.82, 2.24) is 0 Å². The fourth-order valence-corrected chi connectivity index (χ4v) is 3.73. The van der Waals surface area contributed by atoms with E-state index in [0.29, 0.717) is 26.0 Å². The Hall–Kier alpha value is -1.69. The largest absolute Gasteiger partial charge is 0.421 e. The van der Waals surface area contributed by atoms with E-state index in [0.717, 1.165) is 4.47 Å². The van der Waals surface area contributed by atoms with Crippen molar-refractivity contribution in [2.45, 2.75) is 0 Å². The van der Waals surface area contributed by atoms with Crippen molar-refractivity contribution >= 4 is 66.3 Å². The molecule has 3 rings (SSSR count). The Kier molecular flexibility index (Phi) is 5.04. The van der Waals surface area contributed by atoms with Crippen molar-refractivity contribution in [2.75, 3.05) is 0 Å². The lowest BCUT2D eigenvalue weighted by molar-refractivity contribution is 0.104. The third-order valence-electron chi connectivity index (χ3n) is 3.34. The third-order valence-corrected chi connectivity index (χ3v) is 4.73. The van der Waals surface area contributed by atoms with Crippen LogP contribution < -0.4 is 5.63 Å². The molecule has 3 nitrogen and oxygen atoms in total. The van der Waals surface area contributed by atoms with E-state index in [1.54, 1.807) is 36.4 Å². The molecule has 0 spiro atoms. The lowest BCUT2D eigenvalue weighted by atomic mass is 10.1. The highest BCUT2D eigenvalue weighted by atomic mass is 79.9. The van der Waals surface area contributed by atoms with E-state index in [2.05, 4.69) is 31.9 Å². The number of hydrogen-bond donors (Lipinski definition) is 0. The van der Waals surface area contributed by atoms with Gasteiger partial charge >= 0.3 is 5.63 Å². The molecule has 1 heterocycles. The Labute approximate surface area is 159 Å². The van der Waals surface area contributed by atoms with Crippen LogP contribution in [0.5, 0.6) is 0 Å². The van der Waals surface area contributed by atoms with E-state index < -0.39 is 11.4 Å². The normalized spacial score (nSPS) is 11.3. The summed E-state index contributed by atoms with van der Waals surface area (Å²) in [6.07, 6.45) is 2.89. The van der Waals surface area contributed by atoms with E-state index >= 15 is 0 Å². The molecule has 0 saturated carbocycles. The molecule has 24 heavy (non-hydrogen) atoms. The fourth-order valence-electron chi connectivity index (χ4n) is 2.19.